The second kappa shape index (κ2) is 4.37. The van der Waals surface area contributed by atoms with E-state index in [4.69, 9.17) is 0 Å². The minimum absolute atomic E-state index is 0.169. The molecule has 2 amide bonds. The number of benzene rings is 1. The standard InChI is InChI=1S/C15H13NO4/c1-7-3-2-4-8-11(7)14(19)12(13(8)18)9-5-6-10(17)16-15(9)20/h2-4,9,12H,5-6H2,1H3,(H,16,17,20). The molecule has 2 unspecified atom stereocenters. The maximum Gasteiger partial charge on any atom is 0.230 e. The monoisotopic (exact) mass is 271 g/mol. The Bertz CT molecular complexity index is 662. The smallest absolute Gasteiger partial charge is 0.230 e. The molecule has 1 saturated heterocycles. The van der Waals surface area contributed by atoms with Crippen molar-refractivity contribution in [3.8, 4) is 0 Å². The van der Waals surface area contributed by atoms with Gasteiger partial charge in [-0.25, -0.2) is 0 Å². The lowest BCUT2D eigenvalue weighted by atomic mass is 9.82. The van der Waals surface area contributed by atoms with Crippen LogP contribution in [-0.2, 0) is 9.59 Å². The van der Waals surface area contributed by atoms with E-state index in [0.717, 1.165) is 5.56 Å². The Morgan fingerprint density at radius 1 is 1.10 bits per heavy atom. The van der Waals surface area contributed by atoms with Crippen LogP contribution in [-0.4, -0.2) is 23.4 Å². The van der Waals surface area contributed by atoms with Gasteiger partial charge in [0.2, 0.25) is 11.8 Å². The van der Waals surface area contributed by atoms with Crippen LogP contribution in [0.4, 0.5) is 0 Å². The Balaban J connectivity index is 2.00. The van der Waals surface area contributed by atoms with Gasteiger partial charge in [0, 0.05) is 17.5 Å². The number of hydrogen-bond acceptors (Lipinski definition) is 4. The number of rotatable bonds is 1. The van der Waals surface area contributed by atoms with Crippen molar-refractivity contribution in [2.45, 2.75) is 19.8 Å². The van der Waals surface area contributed by atoms with Gasteiger partial charge in [0.05, 0.1) is 11.8 Å². The summed E-state index contributed by atoms with van der Waals surface area (Å²) >= 11 is 0. The fourth-order valence-corrected chi connectivity index (χ4v) is 3.04. The number of nitrogens with one attached hydrogen (secondary N) is 1. The Kier molecular flexibility index (Phi) is 2.78. The highest BCUT2D eigenvalue weighted by Crippen LogP contribution is 2.36. The van der Waals surface area contributed by atoms with Crippen LogP contribution in [0.3, 0.4) is 0 Å². The van der Waals surface area contributed by atoms with Gasteiger partial charge in [-0.2, -0.15) is 0 Å². The zero-order chi connectivity index (χ0) is 14.4. The first kappa shape index (κ1) is 12.7. The predicted octanol–water partition coefficient (Wildman–Crippen LogP) is 1.04. The molecule has 5 heteroatoms. The molecular formula is C15H13NO4. The van der Waals surface area contributed by atoms with Gasteiger partial charge in [-0.3, -0.25) is 24.5 Å². The van der Waals surface area contributed by atoms with E-state index in [1.807, 2.05) is 0 Å². The first-order chi connectivity index (χ1) is 9.50. The number of fused-ring (bicyclic) bond motifs is 1. The van der Waals surface area contributed by atoms with Crippen molar-refractivity contribution in [1.82, 2.24) is 5.32 Å². The average Bonchev–Trinajstić information content (AvgIpc) is 2.64. The average molecular weight is 271 g/mol. The van der Waals surface area contributed by atoms with Gasteiger partial charge in [-0.1, -0.05) is 18.2 Å². The number of ketones is 2. The second-order valence-corrected chi connectivity index (χ2v) is 5.26. The molecule has 1 aromatic carbocycles. The van der Waals surface area contributed by atoms with Crippen molar-refractivity contribution in [3.05, 3.63) is 34.9 Å². The summed E-state index contributed by atoms with van der Waals surface area (Å²) in [6.45, 7) is 1.77. The minimum atomic E-state index is -0.973. The Morgan fingerprint density at radius 2 is 1.85 bits per heavy atom. The summed E-state index contributed by atoms with van der Waals surface area (Å²) in [5.41, 5.74) is 1.56. The lowest BCUT2D eigenvalue weighted by Crippen LogP contribution is -2.46. The van der Waals surface area contributed by atoms with Crippen molar-refractivity contribution in [3.63, 3.8) is 0 Å². The Labute approximate surface area is 115 Å². The van der Waals surface area contributed by atoms with Crippen LogP contribution in [0.5, 0.6) is 0 Å². The van der Waals surface area contributed by atoms with Crippen molar-refractivity contribution in [1.29, 1.82) is 0 Å². The summed E-state index contributed by atoms with van der Waals surface area (Å²) in [6, 6.07) is 5.12. The minimum Gasteiger partial charge on any atom is -0.296 e. The van der Waals surface area contributed by atoms with Gasteiger partial charge in [0.25, 0.3) is 0 Å². The largest absolute Gasteiger partial charge is 0.296 e. The van der Waals surface area contributed by atoms with Gasteiger partial charge in [-0.15, -0.1) is 0 Å². The number of amides is 2. The van der Waals surface area contributed by atoms with E-state index in [9.17, 15) is 19.2 Å². The fraction of sp³-hybridized carbons (Fsp3) is 0.333. The van der Waals surface area contributed by atoms with E-state index in [1.54, 1.807) is 25.1 Å². The molecule has 5 nitrogen and oxygen atoms in total. The fourth-order valence-electron chi connectivity index (χ4n) is 3.04. The summed E-state index contributed by atoms with van der Waals surface area (Å²) in [5, 5.41) is 2.21. The number of carbonyl (C=O) groups excluding carboxylic acids is 4. The third kappa shape index (κ3) is 1.70. The Morgan fingerprint density at radius 3 is 2.50 bits per heavy atom. The van der Waals surface area contributed by atoms with E-state index in [1.165, 1.54) is 0 Å². The van der Waals surface area contributed by atoms with Gasteiger partial charge < -0.3 is 0 Å². The molecule has 3 rings (SSSR count). The van der Waals surface area contributed by atoms with E-state index in [2.05, 4.69) is 5.32 Å². The van der Waals surface area contributed by atoms with Crippen molar-refractivity contribution in [2.75, 3.05) is 0 Å². The molecule has 2 atom stereocenters. The van der Waals surface area contributed by atoms with Crippen molar-refractivity contribution < 1.29 is 19.2 Å². The molecule has 1 aliphatic heterocycles. The number of imide groups is 1. The summed E-state index contributed by atoms with van der Waals surface area (Å²) in [5.74, 6) is -3.17. The van der Waals surface area contributed by atoms with E-state index in [-0.39, 0.29) is 30.3 Å². The molecule has 1 aliphatic carbocycles. The third-order valence-corrected chi connectivity index (χ3v) is 4.03. The molecule has 1 N–H and O–H groups in total. The third-order valence-electron chi connectivity index (χ3n) is 4.03. The van der Waals surface area contributed by atoms with Gasteiger partial charge in [0.15, 0.2) is 11.6 Å². The van der Waals surface area contributed by atoms with Crippen LogP contribution < -0.4 is 5.32 Å². The lowest BCUT2D eigenvalue weighted by Gasteiger charge is -2.24. The number of Topliss-reactive ketones (excluding diaryl/α,β-unsaturated/α-hetero) is 2. The van der Waals surface area contributed by atoms with Gasteiger partial charge >= 0.3 is 0 Å². The number of carbonyl (C=O) groups is 4. The predicted molar refractivity (Wildman–Crippen MR) is 69.2 cm³/mol. The van der Waals surface area contributed by atoms with E-state index in [0.29, 0.717) is 11.1 Å². The maximum absolute atomic E-state index is 12.5. The van der Waals surface area contributed by atoms with Gasteiger partial charge in [-0.05, 0) is 18.9 Å². The first-order valence-corrected chi connectivity index (χ1v) is 6.52. The van der Waals surface area contributed by atoms with Crippen LogP contribution in [0, 0.1) is 18.8 Å². The second-order valence-electron chi connectivity index (χ2n) is 5.26. The molecule has 1 fully saturated rings. The number of aryl methyl sites for hydroxylation is 1. The molecule has 102 valence electrons. The molecule has 0 radical (unpaired) electrons. The highest BCUT2D eigenvalue weighted by Gasteiger charge is 2.47. The zero-order valence-electron chi connectivity index (χ0n) is 10.9. The van der Waals surface area contributed by atoms with Crippen LogP contribution in [0.2, 0.25) is 0 Å². The Hall–Kier alpha value is -2.30. The van der Waals surface area contributed by atoms with E-state index < -0.39 is 17.7 Å². The highest BCUT2D eigenvalue weighted by atomic mass is 16.2. The zero-order valence-corrected chi connectivity index (χ0v) is 10.9. The first-order valence-electron chi connectivity index (χ1n) is 6.52. The number of hydrogen-bond donors (Lipinski definition) is 1. The molecule has 20 heavy (non-hydrogen) atoms. The molecule has 0 aromatic heterocycles. The molecular weight excluding hydrogens is 258 g/mol. The van der Waals surface area contributed by atoms with Crippen LogP contribution in [0.15, 0.2) is 18.2 Å². The van der Waals surface area contributed by atoms with Crippen LogP contribution in [0.1, 0.15) is 39.1 Å². The SMILES string of the molecule is Cc1cccc2c1C(=O)C(C1CCC(=O)NC1=O)C2=O. The molecule has 2 aliphatic rings. The summed E-state index contributed by atoms with van der Waals surface area (Å²) in [6.07, 6.45) is 0.419. The van der Waals surface area contributed by atoms with Crippen LogP contribution in [0.25, 0.3) is 0 Å². The highest BCUT2D eigenvalue weighted by molar-refractivity contribution is 6.28. The lowest BCUT2D eigenvalue weighted by molar-refractivity contribution is -0.137. The normalized spacial score (nSPS) is 25.6. The van der Waals surface area contributed by atoms with E-state index >= 15 is 0 Å². The molecule has 1 aromatic rings. The molecule has 0 bridgehead atoms. The molecule has 0 spiro atoms. The summed E-state index contributed by atoms with van der Waals surface area (Å²) < 4.78 is 0. The topological polar surface area (TPSA) is 80.3 Å². The summed E-state index contributed by atoms with van der Waals surface area (Å²) in [7, 11) is 0. The molecule has 0 saturated carbocycles. The van der Waals surface area contributed by atoms with Gasteiger partial charge in [0.1, 0.15) is 0 Å². The van der Waals surface area contributed by atoms with Crippen LogP contribution >= 0.6 is 0 Å². The quantitative estimate of drug-likeness (QED) is 0.611. The maximum atomic E-state index is 12.5. The van der Waals surface area contributed by atoms with Crippen molar-refractivity contribution in [2.24, 2.45) is 11.8 Å². The van der Waals surface area contributed by atoms with Crippen molar-refractivity contribution >= 4 is 23.4 Å². The number of piperidine rings is 1. The molecule has 1 heterocycles. The summed E-state index contributed by atoms with van der Waals surface area (Å²) in [4.78, 5) is 47.9.